The second kappa shape index (κ2) is 6.94. The third-order valence-corrected chi connectivity index (χ3v) is 3.13. The highest BCUT2D eigenvalue weighted by Gasteiger charge is 2.15. The Labute approximate surface area is 130 Å². The quantitative estimate of drug-likeness (QED) is 0.700. The zero-order chi connectivity index (χ0) is 16.1. The van der Waals surface area contributed by atoms with Gasteiger partial charge in [0.1, 0.15) is 11.0 Å². The molecule has 1 aromatic carbocycles. The molecule has 0 aliphatic rings. The molecule has 3 N–H and O–H groups in total. The van der Waals surface area contributed by atoms with Gasteiger partial charge in [0.05, 0.1) is 18.3 Å². The van der Waals surface area contributed by atoms with Crippen LogP contribution in [0.2, 0.25) is 0 Å². The molecule has 0 aliphatic heterocycles. The van der Waals surface area contributed by atoms with Gasteiger partial charge < -0.3 is 16.0 Å². The third-order valence-electron chi connectivity index (χ3n) is 2.58. The van der Waals surface area contributed by atoms with Crippen LogP contribution in [0.5, 0.6) is 0 Å². The minimum absolute atomic E-state index is 0.0309. The van der Waals surface area contributed by atoms with Crippen LogP contribution in [0.4, 0.5) is 5.69 Å². The number of rotatable bonds is 4. The number of nitrogens with one attached hydrogen (secondary N) is 3. The smallest absolute Gasteiger partial charge is 0.313 e. The number of carbonyl (C=O) groups is 3. The molecular formula is C13H15N5O3S. The molecule has 116 valence electrons. The minimum atomic E-state index is -0.879. The molecular weight excluding hydrogens is 306 g/mol. The topological polar surface area (TPSA) is 113 Å². The van der Waals surface area contributed by atoms with E-state index in [9.17, 15) is 14.4 Å². The van der Waals surface area contributed by atoms with E-state index in [0.717, 1.165) is 17.2 Å². The summed E-state index contributed by atoms with van der Waals surface area (Å²) in [5, 5.41) is 7.30. The van der Waals surface area contributed by atoms with E-state index in [1.54, 1.807) is 32.0 Å². The van der Waals surface area contributed by atoms with E-state index in [1.807, 2.05) is 0 Å². The second-order valence-electron chi connectivity index (χ2n) is 4.83. The summed E-state index contributed by atoms with van der Waals surface area (Å²) >= 11 is 1.07. The lowest BCUT2D eigenvalue weighted by Crippen LogP contribution is -2.43. The second-order valence-corrected chi connectivity index (χ2v) is 5.36. The first-order valence-corrected chi connectivity index (χ1v) is 7.29. The van der Waals surface area contributed by atoms with Crippen LogP contribution in [0.1, 0.15) is 13.8 Å². The molecule has 2 rings (SSSR count). The van der Waals surface area contributed by atoms with Gasteiger partial charge in [-0.15, -0.1) is 0 Å². The van der Waals surface area contributed by atoms with Crippen LogP contribution in [-0.4, -0.2) is 39.1 Å². The monoisotopic (exact) mass is 321 g/mol. The molecule has 0 radical (unpaired) electrons. The molecule has 9 heteroatoms. The van der Waals surface area contributed by atoms with Gasteiger partial charge in [0, 0.05) is 11.7 Å². The Hall–Kier alpha value is -2.55. The number of hydrogen-bond acceptors (Lipinski definition) is 6. The zero-order valence-electron chi connectivity index (χ0n) is 12.0. The van der Waals surface area contributed by atoms with Gasteiger partial charge in [0.15, 0.2) is 0 Å². The lowest BCUT2D eigenvalue weighted by Gasteiger charge is -2.09. The fourth-order valence-corrected chi connectivity index (χ4v) is 2.18. The Kier molecular flexibility index (Phi) is 4.99. The van der Waals surface area contributed by atoms with Gasteiger partial charge in [-0.3, -0.25) is 14.4 Å². The van der Waals surface area contributed by atoms with Gasteiger partial charge in [0.2, 0.25) is 5.91 Å². The summed E-state index contributed by atoms with van der Waals surface area (Å²) in [4.78, 5) is 34.7. The highest BCUT2D eigenvalue weighted by molar-refractivity contribution is 7.00. The lowest BCUT2D eigenvalue weighted by molar-refractivity contribution is -0.136. The molecule has 0 aliphatic carbocycles. The van der Waals surface area contributed by atoms with Crippen molar-refractivity contribution in [2.45, 2.75) is 19.9 Å². The highest BCUT2D eigenvalue weighted by atomic mass is 32.1. The summed E-state index contributed by atoms with van der Waals surface area (Å²) < 4.78 is 8.08. The van der Waals surface area contributed by atoms with Crippen molar-refractivity contribution in [1.82, 2.24) is 19.4 Å². The summed E-state index contributed by atoms with van der Waals surface area (Å²) in [7, 11) is 0. The number of benzene rings is 1. The first-order valence-electron chi connectivity index (χ1n) is 6.56. The van der Waals surface area contributed by atoms with Crippen molar-refractivity contribution < 1.29 is 14.4 Å². The molecule has 8 nitrogen and oxygen atoms in total. The Morgan fingerprint density at radius 1 is 1.14 bits per heavy atom. The highest BCUT2D eigenvalue weighted by Crippen LogP contribution is 2.16. The van der Waals surface area contributed by atoms with Gasteiger partial charge in [-0.1, -0.05) is 0 Å². The van der Waals surface area contributed by atoms with Crippen LogP contribution in [0.15, 0.2) is 18.2 Å². The van der Waals surface area contributed by atoms with E-state index in [-0.39, 0.29) is 18.5 Å². The number of fused-ring (bicyclic) bond motifs is 1. The van der Waals surface area contributed by atoms with Crippen molar-refractivity contribution in [1.29, 1.82) is 0 Å². The normalized spacial score (nSPS) is 10.5. The maximum atomic E-state index is 11.7. The number of hydrogen-bond donors (Lipinski definition) is 3. The Balaban J connectivity index is 1.88. The van der Waals surface area contributed by atoms with Gasteiger partial charge >= 0.3 is 11.8 Å². The van der Waals surface area contributed by atoms with Crippen molar-refractivity contribution in [3.63, 3.8) is 0 Å². The summed E-state index contributed by atoms with van der Waals surface area (Å²) in [6, 6.07) is 4.91. The summed E-state index contributed by atoms with van der Waals surface area (Å²) in [6.45, 7) is 3.35. The summed E-state index contributed by atoms with van der Waals surface area (Å²) in [5.41, 5.74) is 1.80. The molecule has 0 bridgehead atoms. The largest absolute Gasteiger partial charge is 0.352 e. The van der Waals surface area contributed by atoms with Crippen molar-refractivity contribution in [2.75, 3.05) is 11.9 Å². The first-order chi connectivity index (χ1) is 10.5. The van der Waals surface area contributed by atoms with Gasteiger partial charge in [0.25, 0.3) is 0 Å². The molecule has 3 amide bonds. The third kappa shape index (κ3) is 4.22. The van der Waals surface area contributed by atoms with E-state index in [2.05, 4.69) is 24.7 Å². The van der Waals surface area contributed by atoms with Crippen LogP contribution < -0.4 is 16.0 Å². The predicted molar refractivity (Wildman–Crippen MR) is 82.3 cm³/mol. The molecule has 0 atom stereocenters. The van der Waals surface area contributed by atoms with Crippen molar-refractivity contribution in [3.05, 3.63) is 18.2 Å². The van der Waals surface area contributed by atoms with Crippen LogP contribution in [0.25, 0.3) is 11.0 Å². The summed E-state index contributed by atoms with van der Waals surface area (Å²) in [6.07, 6.45) is 0. The Morgan fingerprint density at radius 3 is 2.59 bits per heavy atom. The molecule has 0 fully saturated rings. The van der Waals surface area contributed by atoms with E-state index in [0.29, 0.717) is 11.2 Å². The first kappa shape index (κ1) is 15.8. The average molecular weight is 321 g/mol. The molecule has 0 unspecified atom stereocenters. The Bertz CT molecular complexity index is 713. The maximum absolute atomic E-state index is 11.7. The number of carbonyl (C=O) groups excluding carboxylic acids is 3. The van der Waals surface area contributed by atoms with Crippen LogP contribution in [0, 0.1) is 0 Å². The number of amides is 3. The van der Waals surface area contributed by atoms with E-state index in [1.165, 1.54) is 0 Å². The minimum Gasteiger partial charge on any atom is -0.352 e. The van der Waals surface area contributed by atoms with E-state index < -0.39 is 11.8 Å². The fraction of sp³-hybridized carbons (Fsp3) is 0.308. The molecule has 0 spiro atoms. The zero-order valence-corrected chi connectivity index (χ0v) is 12.9. The molecule has 2 aromatic rings. The van der Waals surface area contributed by atoms with E-state index in [4.69, 9.17) is 0 Å². The standard InChI is InChI=1S/C13H15N5O3S/c1-7(2)15-11(19)6-14-12(20)13(21)16-8-3-4-9-10(5-8)18-22-17-9/h3-5,7H,6H2,1-2H3,(H,14,20)(H,15,19)(H,16,21). The average Bonchev–Trinajstić information content (AvgIpc) is 2.91. The molecule has 1 heterocycles. The van der Waals surface area contributed by atoms with Crippen molar-refractivity contribution >= 4 is 46.2 Å². The van der Waals surface area contributed by atoms with Gasteiger partial charge in [-0.05, 0) is 32.0 Å². The number of aromatic nitrogens is 2. The lowest BCUT2D eigenvalue weighted by atomic mass is 10.2. The van der Waals surface area contributed by atoms with Crippen molar-refractivity contribution in [2.24, 2.45) is 0 Å². The van der Waals surface area contributed by atoms with Crippen LogP contribution >= 0.6 is 11.7 Å². The fourth-order valence-electron chi connectivity index (χ4n) is 1.66. The summed E-state index contributed by atoms with van der Waals surface area (Å²) in [5.74, 6) is -2.08. The van der Waals surface area contributed by atoms with Gasteiger partial charge in [-0.25, -0.2) is 0 Å². The number of anilines is 1. The van der Waals surface area contributed by atoms with Crippen LogP contribution in [0.3, 0.4) is 0 Å². The Morgan fingerprint density at radius 2 is 1.86 bits per heavy atom. The maximum Gasteiger partial charge on any atom is 0.313 e. The van der Waals surface area contributed by atoms with Crippen LogP contribution in [-0.2, 0) is 14.4 Å². The van der Waals surface area contributed by atoms with Crippen molar-refractivity contribution in [3.8, 4) is 0 Å². The molecule has 0 saturated carbocycles. The molecule has 1 aromatic heterocycles. The van der Waals surface area contributed by atoms with Gasteiger partial charge in [-0.2, -0.15) is 8.75 Å². The molecule has 22 heavy (non-hydrogen) atoms. The van der Waals surface area contributed by atoms with E-state index >= 15 is 0 Å². The SMILES string of the molecule is CC(C)NC(=O)CNC(=O)C(=O)Nc1ccc2nsnc2c1. The predicted octanol–water partition coefficient (Wildman–Crippen LogP) is 0.271. The molecule has 0 saturated heterocycles. The number of nitrogens with zero attached hydrogens (tertiary/aromatic N) is 2.